The predicted molar refractivity (Wildman–Crippen MR) is 84.0 cm³/mol. The van der Waals surface area contributed by atoms with Crippen molar-refractivity contribution in [3.8, 4) is 0 Å². The first-order chi connectivity index (χ1) is 10.0. The zero-order valence-corrected chi connectivity index (χ0v) is 13.4. The number of aromatic amines is 1. The fraction of sp³-hybridized carbons (Fsp3) is 0.400. The zero-order valence-electron chi connectivity index (χ0n) is 12.6. The molecule has 0 aliphatic carbocycles. The number of nitrogens with one attached hydrogen (secondary N) is 2. The van der Waals surface area contributed by atoms with Gasteiger partial charge in [-0.15, -0.1) is 0 Å². The molecule has 0 unspecified atom stereocenters. The number of aryl methyl sites for hydroxylation is 3. The summed E-state index contributed by atoms with van der Waals surface area (Å²) in [5.41, 5.74) is 2.68. The normalized spacial score (nSPS) is 11.6. The molecule has 0 aliphatic heterocycles. The highest BCUT2D eigenvalue weighted by molar-refractivity contribution is 7.92. The fourth-order valence-electron chi connectivity index (χ4n) is 2.22. The third-order valence-corrected chi connectivity index (χ3v) is 4.72. The molecule has 0 fully saturated rings. The number of imidazole rings is 1. The average Bonchev–Trinajstić information content (AvgIpc) is 2.97. The summed E-state index contributed by atoms with van der Waals surface area (Å²) in [5, 5.41) is 0.104. The molecule has 0 amide bonds. The van der Waals surface area contributed by atoms with E-state index in [9.17, 15) is 8.42 Å². The molecular weight excluding hydrogens is 286 g/mol. The summed E-state index contributed by atoms with van der Waals surface area (Å²) in [5.74, 6) is 0.662. The Kier molecular flexibility index (Phi) is 4.67. The van der Waals surface area contributed by atoms with Crippen molar-refractivity contribution in [2.24, 2.45) is 0 Å². The Labute approximate surface area is 125 Å². The van der Waals surface area contributed by atoms with Crippen LogP contribution in [-0.4, -0.2) is 18.4 Å². The van der Waals surface area contributed by atoms with Gasteiger partial charge in [-0.05, 0) is 24.0 Å². The van der Waals surface area contributed by atoms with Gasteiger partial charge in [-0.1, -0.05) is 39.0 Å². The van der Waals surface area contributed by atoms with Crippen molar-refractivity contribution in [2.75, 3.05) is 4.72 Å². The molecule has 2 aromatic rings. The monoisotopic (exact) mass is 307 g/mol. The molecule has 0 aliphatic rings. The molecule has 6 heteroatoms. The van der Waals surface area contributed by atoms with Crippen LogP contribution in [0.3, 0.4) is 0 Å². The molecule has 5 nitrogen and oxygen atoms in total. The van der Waals surface area contributed by atoms with Gasteiger partial charge in [-0.3, -0.25) is 4.72 Å². The largest absolute Gasteiger partial charge is 0.332 e. The van der Waals surface area contributed by atoms with Crippen LogP contribution in [0.2, 0.25) is 0 Å². The first-order valence-corrected chi connectivity index (χ1v) is 8.67. The van der Waals surface area contributed by atoms with Gasteiger partial charge in [0.15, 0.2) is 5.03 Å². The number of rotatable bonds is 6. The Hall–Kier alpha value is -1.82. The number of para-hydroxylation sites is 1. The van der Waals surface area contributed by atoms with Crippen molar-refractivity contribution in [1.29, 1.82) is 0 Å². The second-order valence-electron chi connectivity index (χ2n) is 4.81. The van der Waals surface area contributed by atoms with Crippen molar-refractivity contribution < 1.29 is 8.42 Å². The van der Waals surface area contributed by atoms with Crippen molar-refractivity contribution in [1.82, 2.24) is 9.97 Å². The fourth-order valence-corrected chi connectivity index (χ4v) is 3.31. The highest BCUT2D eigenvalue weighted by Gasteiger charge is 2.19. The number of nitrogens with zero attached hydrogens (tertiary/aromatic N) is 1. The van der Waals surface area contributed by atoms with E-state index in [2.05, 4.69) is 14.7 Å². The predicted octanol–water partition coefficient (Wildman–Crippen LogP) is 2.90. The molecule has 1 aromatic carbocycles. The zero-order chi connectivity index (χ0) is 15.5. The van der Waals surface area contributed by atoms with E-state index in [1.165, 1.54) is 6.20 Å². The first-order valence-electron chi connectivity index (χ1n) is 7.19. The average molecular weight is 307 g/mol. The Balaban J connectivity index is 2.40. The van der Waals surface area contributed by atoms with Crippen LogP contribution in [0.25, 0.3) is 0 Å². The number of hydrogen-bond donors (Lipinski definition) is 2. The van der Waals surface area contributed by atoms with Crippen molar-refractivity contribution in [2.45, 2.75) is 45.1 Å². The van der Waals surface area contributed by atoms with Crippen LogP contribution in [0, 0.1) is 0 Å². The standard InChI is InChI=1S/C15H21N3O2S/c1-4-11-8-7-9-12(5-2)15(11)18-21(19,20)14-10-16-13(6-3)17-14/h7-10,18H,4-6H2,1-3H3,(H,16,17). The maximum absolute atomic E-state index is 12.5. The van der Waals surface area contributed by atoms with Crippen LogP contribution in [0.4, 0.5) is 5.69 Å². The Morgan fingerprint density at radius 3 is 2.19 bits per heavy atom. The van der Waals surface area contributed by atoms with Crippen LogP contribution < -0.4 is 4.72 Å². The van der Waals surface area contributed by atoms with Crippen LogP contribution >= 0.6 is 0 Å². The van der Waals surface area contributed by atoms with Gasteiger partial charge < -0.3 is 4.98 Å². The number of hydrogen-bond acceptors (Lipinski definition) is 3. The van der Waals surface area contributed by atoms with E-state index in [1.54, 1.807) is 0 Å². The van der Waals surface area contributed by atoms with E-state index in [4.69, 9.17) is 0 Å². The third-order valence-electron chi connectivity index (χ3n) is 3.46. The minimum absolute atomic E-state index is 0.104. The molecule has 0 saturated heterocycles. The summed E-state index contributed by atoms with van der Waals surface area (Å²) in [6.07, 6.45) is 3.58. The molecule has 0 spiro atoms. The molecule has 1 heterocycles. The molecule has 0 saturated carbocycles. The van der Waals surface area contributed by atoms with Gasteiger partial charge in [0.2, 0.25) is 0 Å². The van der Waals surface area contributed by atoms with Gasteiger partial charge in [-0.25, -0.2) is 4.98 Å². The summed E-state index contributed by atoms with van der Waals surface area (Å²) >= 11 is 0. The van der Waals surface area contributed by atoms with Crippen LogP contribution in [0.15, 0.2) is 29.4 Å². The van der Waals surface area contributed by atoms with E-state index in [0.29, 0.717) is 17.9 Å². The molecule has 1 aromatic heterocycles. The second kappa shape index (κ2) is 6.30. The SMILES string of the molecule is CCc1ncc(S(=O)(=O)Nc2c(CC)cccc2CC)[nH]1. The van der Waals surface area contributed by atoms with Crippen molar-refractivity contribution >= 4 is 15.7 Å². The molecule has 2 N–H and O–H groups in total. The lowest BCUT2D eigenvalue weighted by Gasteiger charge is -2.14. The Bertz CT molecular complexity index is 698. The van der Waals surface area contributed by atoms with Gasteiger partial charge in [0.1, 0.15) is 5.82 Å². The Morgan fingerprint density at radius 1 is 1.10 bits per heavy atom. The number of aromatic nitrogens is 2. The van der Waals surface area contributed by atoms with Gasteiger partial charge in [0.25, 0.3) is 10.0 Å². The van der Waals surface area contributed by atoms with Gasteiger partial charge in [-0.2, -0.15) is 8.42 Å². The summed E-state index contributed by atoms with van der Waals surface area (Å²) in [6.45, 7) is 5.94. The van der Waals surface area contributed by atoms with Crippen molar-refractivity contribution in [3.05, 3.63) is 41.3 Å². The molecule has 0 radical (unpaired) electrons. The lowest BCUT2D eigenvalue weighted by atomic mass is 10.0. The third kappa shape index (κ3) is 3.26. The van der Waals surface area contributed by atoms with Gasteiger partial charge in [0, 0.05) is 6.42 Å². The lowest BCUT2D eigenvalue weighted by Crippen LogP contribution is -2.16. The molecule has 21 heavy (non-hydrogen) atoms. The molecule has 0 bridgehead atoms. The number of sulfonamides is 1. The quantitative estimate of drug-likeness (QED) is 0.861. The highest BCUT2D eigenvalue weighted by Crippen LogP contribution is 2.25. The highest BCUT2D eigenvalue weighted by atomic mass is 32.2. The maximum Gasteiger partial charge on any atom is 0.279 e. The van der Waals surface area contributed by atoms with E-state index in [1.807, 2.05) is 39.0 Å². The van der Waals surface area contributed by atoms with E-state index in [0.717, 1.165) is 24.0 Å². The molecule has 0 atom stereocenters. The van der Waals surface area contributed by atoms with Crippen LogP contribution in [-0.2, 0) is 29.3 Å². The van der Waals surface area contributed by atoms with E-state index < -0.39 is 10.0 Å². The van der Waals surface area contributed by atoms with Crippen LogP contribution in [0.5, 0.6) is 0 Å². The van der Waals surface area contributed by atoms with Gasteiger partial charge >= 0.3 is 0 Å². The topological polar surface area (TPSA) is 74.8 Å². The summed E-state index contributed by atoms with van der Waals surface area (Å²) < 4.78 is 27.7. The van der Waals surface area contributed by atoms with E-state index in [-0.39, 0.29) is 5.03 Å². The summed E-state index contributed by atoms with van der Waals surface area (Å²) in [7, 11) is -3.64. The molecular formula is C15H21N3O2S. The van der Waals surface area contributed by atoms with Gasteiger partial charge in [0.05, 0.1) is 11.9 Å². The second-order valence-corrected chi connectivity index (χ2v) is 6.46. The van der Waals surface area contributed by atoms with Crippen LogP contribution in [0.1, 0.15) is 37.7 Å². The van der Waals surface area contributed by atoms with E-state index >= 15 is 0 Å². The number of benzene rings is 1. The lowest BCUT2D eigenvalue weighted by molar-refractivity contribution is 0.598. The molecule has 114 valence electrons. The molecule has 2 rings (SSSR count). The number of anilines is 1. The maximum atomic E-state index is 12.5. The summed E-state index contributed by atoms with van der Waals surface area (Å²) in [6, 6.07) is 5.85. The summed E-state index contributed by atoms with van der Waals surface area (Å²) in [4.78, 5) is 6.89. The smallest absolute Gasteiger partial charge is 0.279 e. The van der Waals surface area contributed by atoms with Crippen molar-refractivity contribution in [3.63, 3.8) is 0 Å². The minimum atomic E-state index is -3.64. The first kappa shape index (κ1) is 15.6. The minimum Gasteiger partial charge on any atom is -0.332 e. The Morgan fingerprint density at radius 2 is 1.71 bits per heavy atom. The number of H-pyrrole nitrogens is 1.